The molecule has 27 heavy (non-hydrogen) atoms. The smallest absolute Gasteiger partial charge is 0.282 e. The molecular formula is C19H18ClN3O4. The zero-order valence-electron chi connectivity index (χ0n) is 14.7. The maximum atomic E-state index is 12.5. The first-order valence-electron chi connectivity index (χ1n) is 8.59. The number of anilines is 2. The first kappa shape index (κ1) is 18.8. The van der Waals surface area contributed by atoms with Gasteiger partial charge in [-0.15, -0.1) is 0 Å². The van der Waals surface area contributed by atoms with Crippen molar-refractivity contribution < 1.29 is 14.5 Å². The zero-order chi connectivity index (χ0) is 19.6. The van der Waals surface area contributed by atoms with Crippen molar-refractivity contribution >= 4 is 40.5 Å². The van der Waals surface area contributed by atoms with Crippen molar-refractivity contribution in [1.29, 1.82) is 0 Å². The molecule has 0 saturated heterocycles. The van der Waals surface area contributed by atoms with Gasteiger partial charge < -0.3 is 10.2 Å². The summed E-state index contributed by atoms with van der Waals surface area (Å²) in [5.41, 5.74) is 1.91. The number of nitrogens with zero attached hydrogens (tertiary/aromatic N) is 2. The van der Waals surface area contributed by atoms with Gasteiger partial charge in [0, 0.05) is 35.4 Å². The summed E-state index contributed by atoms with van der Waals surface area (Å²) >= 11 is 5.88. The van der Waals surface area contributed by atoms with E-state index in [-0.39, 0.29) is 22.2 Å². The van der Waals surface area contributed by atoms with E-state index in [0.29, 0.717) is 18.7 Å². The van der Waals surface area contributed by atoms with E-state index in [1.54, 1.807) is 23.1 Å². The molecule has 0 bridgehead atoms. The number of rotatable bonds is 4. The standard InChI is InChI=1S/C19H18ClN3O4/c1-2-18(24)22-9-3-4-12-10-14(6-8-16(12)22)21-19(25)15-11-13(20)5-7-17(15)23(26)27/h5-8,10-11H,2-4,9H2,1H3,(H,21,25). The van der Waals surface area contributed by atoms with Gasteiger partial charge in [-0.2, -0.15) is 0 Å². The van der Waals surface area contributed by atoms with Crippen LogP contribution in [0.2, 0.25) is 5.02 Å². The van der Waals surface area contributed by atoms with Crippen LogP contribution in [0.15, 0.2) is 36.4 Å². The molecule has 2 aromatic rings. The van der Waals surface area contributed by atoms with Gasteiger partial charge in [-0.1, -0.05) is 18.5 Å². The lowest BCUT2D eigenvalue weighted by Gasteiger charge is -2.29. The van der Waals surface area contributed by atoms with Crippen molar-refractivity contribution in [2.75, 3.05) is 16.8 Å². The molecule has 0 aliphatic carbocycles. The van der Waals surface area contributed by atoms with Crippen LogP contribution in [0, 0.1) is 10.1 Å². The first-order chi connectivity index (χ1) is 12.9. The predicted octanol–water partition coefficient (Wildman–Crippen LogP) is 4.19. The molecule has 7 nitrogen and oxygen atoms in total. The molecule has 8 heteroatoms. The normalized spacial score (nSPS) is 13.0. The van der Waals surface area contributed by atoms with E-state index < -0.39 is 10.8 Å². The summed E-state index contributed by atoms with van der Waals surface area (Å²) in [7, 11) is 0. The number of hydrogen-bond donors (Lipinski definition) is 1. The number of aryl methyl sites for hydroxylation is 1. The summed E-state index contributed by atoms with van der Waals surface area (Å²) < 4.78 is 0. The largest absolute Gasteiger partial charge is 0.322 e. The number of benzene rings is 2. The molecule has 0 aromatic heterocycles. The third-order valence-corrected chi connectivity index (χ3v) is 4.69. The summed E-state index contributed by atoms with van der Waals surface area (Å²) in [4.78, 5) is 36.9. The molecule has 0 saturated carbocycles. The van der Waals surface area contributed by atoms with Crippen LogP contribution in [0.5, 0.6) is 0 Å². The van der Waals surface area contributed by atoms with E-state index in [9.17, 15) is 19.7 Å². The van der Waals surface area contributed by atoms with Gasteiger partial charge in [-0.05, 0) is 48.7 Å². The second-order valence-electron chi connectivity index (χ2n) is 6.22. The molecule has 140 valence electrons. The van der Waals surface area contributed by atoms with Crippen molar-refractivity contribution in [2.45, 2.75) is 26.2 Å². The molecule has 2 aromatic carbocycles. The Labute approximate surface area is 161 Å². The molecular weight excluding hydrogens is 370 g/mol. The van der Waals surface area contributed by atoms with Crippen molar-refractivity contribution in [3.05, 3.63) is 62.7 Å². The van der Waals surface area contributed by atoms with Crippen LogP contribution in [0.4, 0.5) is 17.1 Å². The van der Waals surface area contributed by atoms with Crippen molar-refractivity contribution in [1.82, 2.24) is 0 Å². The average molecular weight is 388 g/mol. The third-order valence-electron chi connectivity index (χ3n) is 4.46. The number of hydrogen-bond acceptors (Lipinski definition) is 4. The molecule has 1 N–H and O–H groups in total. The molecule has 0 atom stereocenters. The summed E-state index contributed by atoms with van der Waals surface area (Å²) in [6.07, 6.45) is 2.07. The summed E-state index contributed by atoms with van der Waals surface area (Å²) in [5, 5.41) is 14.1. The number of nitro benzene ring substituents is 1. The fourth-order valence-electron chi connectivity index (χ4n) is 3.17. The van der Waals surface area contributed by atoms with Gasteiger partial charge in [0.2, 0.25) is 5.91 Å². The average Bonchev–Trinajstić information content (AvgIpc) is 2.66. The summed E-state index contributed by atoms with van der Waals surface area (Å²) in [6, 6.07) is 9.14. The second-order valence-corrected chi connectivity index (χ2v) is 6.66. The Hall–Kier alpha value is -2.93. The topological polar surface area (TPSA) is 92.6 Å². The van der Waals surface area contributed by atoms with Gasteiger partial charge in [-0.25, -0.2) is 0 Å². The SMILES string of the molecule is CCC(=O)N1CCCc2cc(NC(=O)c3cc(Cl)ccc3[N+](=O)[O-])ccc21. The van der Waals surface area contributed by atoms with Crippen LogP contribution >= 0.6 is 11.6 Å². The van der Waals surface area contributed by atoms with E-state index >= 15 is 0 Å². The molecule has 3 rings (SSSR count). The Morgan fingerprint density at radius 2 is 2.04 bits per heavy atom. The fourth-order valence-corrected chi connectivity index (χ4v) is 3.34. The lowest BCUT2D eigenvalue weighted by Crippen LogP contribution is -2.34. The fraction of sp³-hybridized carbons (Fsp3) is 0.263. The number of carbonyl (C=O) groups is 2. The third kappa shape index (κ3) is 3.93. The van der Waals surface area contributed by atoms with Gasteiger partial charge in [0.25, 0.3) is 11.6 Å². The number of fused-ring (bicyclic) bond motifs is 1. The monoisotopic (exact) mass is 387 g/mol. The van der Waals surface area contributed by atoms with Crippen LogP contribution in [0.25, 0.3) is 0 Å². The Balaban J connectivity index is 1.87. The summed E-state index contributed by atoms with van der Waals surface area (Å²) in [5.74, 6) is -0.552. The van der Waals surface area contributed by atoms with E-state index in [1.165, 1.54) is 18.2 Å². The first-order valence-corrected chi connectivity index (χ1v) is 8.97. The minimum atomic E-state index is -0.619. The van der Waals surface area contributed by atoms with Crippen LogP contribution in [-0.2, 0) is 11.2 Å². The molecule has 1 aliphatic heterocycles. The van der Waals surface area contributed by atoms with Gasteiger partial charge >= 0.3 is 0 Å². The van der Waals surface area contributed by atoms with Crippen LogP contribution < -0.4 is 10.2 Å². The van der Waals surface area contributed by atoms with Gasteiger partial charge in [-0.3, -0.25) is 19.7 Å². The summed E-state index contributed by atoms with van der Waals surface area (Å²) in [6.45, 7) is 2.50. The number of halogens is 1. The van der Waals surface area contributed by atoms with Crippen molar-refractivity contribution in [3.63, 3.8) is 0 Å². The second kappa shape index (κ2) is 7.75. The van der Waals surface area contributed by atoms with Gasteiger partial charge in [0.1, 0.15) is 5.56 Å². The molecule has 0 radical (unpaired) electrons. The highest BCUT2D eigenvalue weighted by molar-refractivity contribution is 6.31. The van der Waals surface area contributed by atoms with E-state index in [0.717, 1.165) is 24.1 Å². The van der Waals surface area contributed by atoms with Crippen LogP contribution in [-0.4, -0.2) is 23.3 Å². The number of carbonyl (C=O) groups excluding carboxylic acids is 2. The molecule has 1 aliphatic rings. The number of amides is 2. The highest BCUT2D eigenvalue weighted by atomic mass is 35.5. The maximum Gasteiger partial charge on any atom is 0.282 e. The van der Waals surface area contributed by atoms with E-state index in [1.807, 2.05) is 6.92 Å². The van der Waals surface area contributed by atoms with Crippen LogP contribution in [0.3, 0.4) is 0 Å². The highest BCUT2D eigenvalue weighted by Crippen LogP contribution is 2.31. The van der Waals surface area contributed by atoms with Crippen molar-refractivity contribution in [3.8, 4) is 0 Å². The quantitative estimate of drug-likeness (QED) is 0.628. The highest BCUT2D eigenvalue weighted by Gasteiger charge is 2.23. The van der Waals surface area contributed by atoms with E-state index in [2.05, 4.69) is 5.32 Å². The molecule has 1 heterocycles. The lowest BCUT2D eigenvalue weighted by atomic mass is 10.0. The zero-order valence-corrected chi connectivity index (χ0v) is 15.5. The minimum absolute atomic E-state index is 0.0577. The van der Waals surface area contributed by atoms with Crippen molar-refractivity contribution in [2.24, 2.45) is 0 Å². The van der Waals surface area contributed by atoms with E-state index in [4.69, 9.17) is 11.6 Å². The molecule has 0 unspecified atom stereocenters. The Morgan fingerprint density at radius 1 is 1.26 bits per heavy atom. The molecule has 2 amide bonds. The minimum Gasteiger partial charge on any atom is -0.322 e. The van der Waals surface area contributed by atoms with Crippen LogP contribution in [0.1, 0.15) is 35.7 Å². The molecule has 0 fully saturated rings. The Morgan fingerprint density at radius 3 is 2.74 bits per heavy atom. The number of nitrogens with one attached hydrogen (secondary N) is 1. The lowest BCUT2D eigenvalue weighted by molar-refractivity contribution is -0.385. The predicted molar refractivity (Wildman–Crippen MR) is 103 cm³/mol. The Bertz CT molecular complexity index is 929. The van der Waals surface area contributed by atoms with Gasteiger partial charge in [0.05, 0.1) is 4.92 Å². The number of nitro groups is 1. The van der Waals surface area contributed by atoms with Gasteiger partial charge in [0.15, 0.2) is 0 Å². The Kier molecular flexibility index (Phi) is 5.41. The molecule has 0 spiro atoms. The maximum absolute atomic E-state index is 12.5.